The summed E-state index contributed by atoms with van der Waals surface area (Å²) in [6.45, 7) is 4.56. The Morgan fingerprint density at radius 1 is 0.971 bits per heavy atom. The molecule has 0 radical (unpaired) electrons. The Kier molecular flexibility index (Phi) is 7.90. The molecule has 4 rings (SSSR count). The van der Waals surface area contributed by atoms with Crippen LogP contribution in [0.3, 0.4) is 0 Å². The summed E-state index contributed by atoms with van der Waals surface area (Å²) in [5.41, 5.74) is 1.70. The van der Waals surface area contributed by atoms with Crippen LogP contribution >= 0.6 is 0 Å². The van der Waals surface area contributed by atoms with Crippen molar-refractivity contribution in [3.63, 3.8) is 0 Å². The quantitative estimate of drug-likeness (QED) is 0.657. The summed E-state index contributed by atoms with van der Waals surface area (Å²) >= 11 is 0. The van der Waals surface area contributed by atoms with Crippen molar-refractivity contribution in [3.05, 3.63) is 60.2 Å². The summed E-state index contributed by atoms with van der Waals surface area (Å²) in [5.74, 6) is 0.322. The number of methoxy groups -OCH3 is 1. The van der Waals surface area contributed by atoms with Crippen LogP contribution in [0.1, 0.15) is 37.8 Å². The molecule has 35 heavy (non-hydrogen) atoms. The summed E-state index contributed by atoms with van der Waals surface area (Å²) in [6, 6.07) is 16.5. The molecule has 0 bridgehead atoms. The van der Waals surface area contributed by atoms with E-state index in [2.05, 4.69) is 12.2 Å². The average molecular weight is 479 g/mol. The molecule has 2 aromatic rings. The zero-order valence-electron chi connectivity index (χ0n) is 20.5. The Morgan fingerprint density at radius 3 is 2.26 bits per heavy atom. The SMILES string of the molecule is CCCCN1C(=O)CC(C(=O)N2CCN(C(=O)Nc3ccccc3)CC2)C1c1ccc(OC)cc1. The lowest BCUT2D eigenvalue weighted by Crippen LogP contribution is -2.53. The third kappa shape index (κ3) is 5.58. The Balaban J connectivity index is 1.44. The van der Waals surface area contributed by atoms with Gasteiger partial charge in [-0.15, -0.1) is 0 Å². The number of para-hydroxylation sites is 1. The highest BCUT2D eigenvalue weighted by Gasteiger charge is 2.46. The number of ether oxygens (including phenoxy) is 1. The van der Waals surface area contributed by atoms with Gasteiger partial charge in [-0.1, -0.05) is 43.7 Å². The smallest absolute Gasteiger partial charge is 0.321 e. The van der Waals surface area contributed by atoms with E-state index in [0.717, 1.165) is 29.8 Å². The van der Waals surface area contributed by atoms with E-state index in [4.69, 9.17) is 4.74 Å². The fraction of sp³-hybridized carbons (Fsp3) is 0.444. The Hall–Kier alpha value is -3.55. The summed E-state index contributed by atoms with van der Waals surface area (Å²) in [6.07, 6.45) is 2.09. The molecule has 0 spiro atoms. The topological polar surface area (TPSA) is 82.2 Å². The van der Waals surface area contributed by atoms with Gasteiger partial charge in [-0.05, 0) is 36.2 Å². The molecule has 8 nitrogen and oxygen atoms in total. The van der Waals surface area contributed by atoms with Crippen LogP contribution in [0.15, 0.2) is 54.6 Å². The van der Waals surface area contributed by atoms with Crippen molar-refractivity contribution in [3.8, 4) is 5.75 Å². The maximum atomic E-state index is 13.6. The minimum atomic E-state index is -0.433. The molecule has 1 N–H and O–H groups in total. The highest BCUT2D eigenvalue weighted by atomic mass is 16.5. The van der Waals surface area contributed by atoms with Crippen LogP contribution in [-0.2, 0) is 9.59 Å². The zero-order valence-corrected chi connectivity index (χ0v) is 20.5. The third-order valence-corrected chi connectivity index (χ3v) is 6.86. The number of nitrogens with zero attached hydrogens (tertiary/aromatic N) is 3. The molecule has 2 aliphatic heterocycles. The van der Waals surface area contributed by atoms with Gasteiger partial charge in [0.2, 0.25) is 11.8 Å². The summed E-state index contributed by atoms with van der Waals surface area (Å²) in [7, 11) is 1.62. The van der Waals surface area contributed by atoms with Crippen LogP contribution in [-0.4, -0.2) is 72.4 Å². The molecule has 2 fully saturated rings. The number of piperazine rings is 1. The van der Waals surface area contributed by atoms with E-state index in [0.29, 0.717) is 32.7 Å². The van der Waals surface area contributed by atoms with E-state index in [1.165, 1.54) is 0 Å². The summed E-state index contributed by atoms with van der Waals surface area (Å²) in [5, 5.41) is 2.90. The van der Waals surface area contributed by atoms with Crippen molar-refractivity contribution < 1.29 is 19.1 Å². The standard InChI is InChI=1S/C27H34N4O4/c1-3-4-14-31-24(32)19-23(25(31)20-10-12-22(35-2)13-11-20)26(33)29-15-17-30(18-16-29)27(34)28-21-8-6-5-7-9-21/h5-13,23,25H,3-4,14-19H2,1-2H3,(H,28,34). The predicted octanol–water partition coefficient (Wildman–Crippen LogP) is 3.76. The van der Waals surface area contributed by atoms with Crippen molar-refractivity contribution in [2.24, 2.45) is 5.92 Å². The number of unbranched alkanes of at least 4 members (excludes halogenated alkanes) is 1. The molecule has 8 heteroatoms. The molecule has 4 amide bonds. The molecule has 2 atom stereocenters. The van der Waals surface area contributed by atoms with Gasteiger partial charge >= 0.3 is 6.03 Å². The van der Waals surface area contributed by atoms with Crippen molar-refractivity contribution in [2.75, 3.05) is 45.2 Å². The second-order valence-corrected chi connectivity index (χ2v) is 9.08. The number of carbonyl (C=O) groups excluding carboxylic acids is 3. The van der Waals surface area contributed by atoms with E-state index in [-0.39, 0.29) is 30.3 Å². The van der Waals surface area contributed by atoms with Gasteiger partial charge in [0.05, 0.1) is 19.1 Å². The molecule has 2 saturated heterocycles. The molecular weight excluding hydrogens is 444 g/mol. The Labute approximate surface area is 206 Å². The van der Waals surface area contributed by atoms with E-state index in [1.807, 2.05) is 64.4 Å². The summed E-state index contributed by atoms with van der Waals surface area (Å²) in [4.78, 5) is 44.6. The molecule has 2 aliphatic rings. The van der Waals surface area contributed by atoms with Crippen LogP contribution in [0.25, 0.3) is 0 Å². The van der Waals surface area contributed by atoms with Gasteiger partial charge < -0.3 is 24.8 Å². The second-order valence-electron chi connectivity index (χ2n) is 9.08. The van der Waals surface area contributed by atoms with Crippen LogP contribution in [0.4, 0.5) is 10.5 Å². The number of hydrogen-bond acceptors (Lipinski definition) is 4. The molecule has 2 heterocycles. The molecule has 2 aromatic carbocycles. The number of benzene rings is 2. The van der Waals surface area contributed by atoms with Gasteiger partial charge in [0.1, 0.15) is 5.75 Å². The highest BCUT2D eigenvalue weighted by Crippen LogP contribution is 2.40. The number of rotatable bonds is 7. The molecule has 0 aromatic heterocycles. The normalized spacial score (nSPS) is 20.2. The van der Waals surface area contributed by atoms with E-state index in [1.54, 1.807) is 12.0 Å². The van der Waals surface area contributed by atoms with Gasteiger partial charge in [0.15, 0.2) is 0 Å². The van der Waals surface area contributed by atoms with Gasteiger partial charge in [-0.25, -0.2) is 4.79 Å². The highest BCUT2D eigenvalue weighted by molar-refractivity contribution is 5.91. The largest absolute Gasteiger partial charge is 0.497 e. The van der Waals surface area contributed by atoms with Crippen molar-refractivity contribution in [1.82, 2.24) is 14.7 Å². The lowest BCUT2D eigenvalue weighted by Gasteiger charge is -2.37. The monoisotopic (exact) mass is 478 g/mol. The van der Waals surface area contributed by atoms with E-state index >= 15 is 0 Å². The Morgan fingerprint density at radius 2 is 1.63 bits per heavy atom. The molecule has 0 aliphatic carbocycles. The average Bonchev–Trinajstić information content (AvgIpc) is 3.23. The molecule has 2 unspecified atom stereocenters. The number of anilines is 1. The van der Waals surface area contributed by atoms with Gasteiger partial charge in [-0.3, -0.25) is 9.59 Å². The first kappa shape index (κ1) is 24.6. The zero-order chi connectivity index (χ0) is 24.8. The van der Waals surface area contributed by atoms with Gasteiger partial charge in [0.25, 0.3) is 0 Å². The number of carbonyl (C=O) groups is 3. The number of hydrogen-bond donors (Lipinski definition) is 1. The Bertz CT molecular complexity index is 1020. The van der Waals surface area contributed by atoms with Crippen LogP contribution in [0, 0.1) is 5.92 Å². The van der Waals surface area contributed by atoms with E-state index < -0.39 is 5.92 Å². The third-order valence-electron chi connectivity index (χ3n) is 6.86. The lowest BCUT2D eigenvalue weighted by atomic mass is 9.92. The minimum Gasteiger partial charge on any atom is -0.497 e. The fourth-order valence-corrected chi connectivity index (χ4v) is 4.91. The number of urea groups is 1. The number of nitrogens with one attached hydrogen (secondary N) is 1. The van der Waals surface area contributed by atoms with Crippen LogP contribution < -0.4 is 10.1 Å². The second kappa shape index (κ2) is 11.3. The first-order valence-corrected chi connectivity index (χ1v) is 12.3. The van der Waals surface area contributed by atoms with Crippen molar-refractivity contribution in [1.29, 1.82) is 0 Å². The first-order chi connectivity index (χ1) is 17.0. The summed E-state index contributed by atoms with van der Waals surface area (Å²) < 4.78 is 5.29. The number of likely N-dealkylation sites (tertiary alicyclic amines) is 1. The molecular formula is C27H34N4O4. The first-order valence-electron chi connectivity index (χ1n) is 12.3. The fourth-order valence-electron chi connectivity index (χ4n) is 4.91. The van der Waals surface area contributed by atoms with Crippen molar-refractivity contribution >= 4 is 23.5 Å². The van der Waals surface area contributed by atoms with Crippen LogP contribution in [0.5, 0.6) is 5.75 Å². The van der Waals surface area contributed by atoms with Crippen LogP contribution in [0.2, 0.25) is 0 Å². The maximum Gasteiger partial charge on any atom is 0.321 e. The van der Waals surface area contributed by atoms with Gasteiger partial charge in [0, 0.05) is 44.8 Å². The van der Waals surface area contributed by atoms with E-state index in [9.17, 15) is 14.4 Å². The predicted molar refractivity (Wildman–Crippen MR) is 134 cm³/mol. The van der Waals surface area contributed by atoms with Gasteiger partial charge in [-0.2, -0.15) is 0 Å². The number of amides is 4. The molecule has 0 saturated carbocycles. The van der Waals surface area contributed by atoms with Crippen molar-refractivity contribution in [2.45, 2.75) is 32.2 Å². The molecule has 186 valence electrons. The minimum absolute atomic E-state index is 0.0127. The lowest BCUT2D eigenvalue weighted by molar-refractivity contribution is -0.138. The maximum absolute atomic E-state index is 13.6.